The van der Waals surface area contributed by atoms with Crippen LogP contribution < -0.4 is 4.74 Å². The molecule has 2 aromatic carbocycles. The molecule has 2 heterocycles. The third-order valence-corrected chi connectivity index (χ3v) is 5.47. The molecule has 5 nitrogen and oxygen atoms in total. The van der Waals surface area contributed by atoms with E-state index >= 15 is 0 Å². The lowest BCUT2D eigenvalue weighted by atomic mass is 9.98. The molecule has 0 radical (unpaired) electrons. The van der Waals surface area contributed by atoms with Gasteiger partial charge >= 0.3 is 5.97 Å². The summed E-state index contributed by atoms with van der Waals surface area (Å²) in [5, 5.41) is 11.5. The van der Waals surface area contributed by atoms with Gasteiger partial charge in [-0.1, -0.05) is 31.5 Å². The molecule has 0 aliphatic rings. The minimum atomic E-state index is -1.00. The SMILES string of the molecule is CCCCOc1ccc(C)c2nc(-c3c(C)oc4cccc(C)c34)cc(C(=O)O)c12. The molecule has 0 spiro atoms. The lowest BCUT2D eigenvalue weighted by molar-refractivity contribution is 0.0698. The second-order valence-corrected chi connectivity index (χ2v) is 7.65. The van der Waals surface area contributed by atoms with Gasteiger partial charge < -0.3 is 14.3 Å². The van der Waals surface area contributed by atoms with Gasteiger partial charge in [-0.15, -0.1) is 0 Å². The van der Waals surface area contributed by atoms with Crippen LogP contribution in [-0.4, -0.2) is 22.7 Å². The maximum atomic E-state index is 12.2. The van der Waals surface area contributed by atoms with Crippen LogP contribution in [0, 0.1) is 20.8 Å². The second kappa shape index (κ2) is 7.82. The standard InChI is InChI=1S/C25H25NO4/c1-5-6-12-29-19-11-10-15(3)24-23(19)17(25(27)28)13-18(26-24)22-16(4)30-20-9-7-8-14(2)21(20)22/h7-11,13H,5-6,12H2,1-4H3,(H,27,28). The summed E-state index contributed by atoms with van der Waals surface area (Å²) in [5.41, 5.74) is 5.00. The van der Waals surface area contributed by atoms with Gasteiger partial charge in [0.25, 0.3) is 0 Å². The summed E-state index contributed by atoms with van der Waals surface area (Å²) in [7, 11) is 0. The van der Waals surface area contributed by atoms with Gasteiger partial charge in [0.2, 0.25) is 0 Å². The fourth-order valence-electron chi connectivity index (χ4n) is 3.93. The summed E-state index contributed by atoms with van der Waals surface area (Å²) >= 11 is 0. The van der Waals surface area contributed by atoms with Crippen molar-refractivity contribution in [1.82, 2.24) is 4.98 Å². The molecular formula is C25H25NO4. The highest BCUT2D eigenvalue weighted by Crippen LogP contribution is 2.39. The number of unbranched alkanes of at least 4 members (excludes halogenated alkanes) is 1. The zero-order valence-electron chi connectivity index (χ0n) is 17.7. The summed E-state index contributed by atoms with van der Waals surface area (Å²) in [4.78, 5) is 17.1. The van der Waals surface area contributed by atoms with Crippen molar-refractivity contribution in [3.8, 4) is 17.0 Å². The van der Waals surface area contributed by atoms with Crippen molar-refractivity contribution >= 4 is 27.8 Å². The number of hydrogen-bond donors (Lipinski definition) is 1. The van der Waals surface area contributed by atoms with Gasteiger partial charge in [0.15, 0.2) is 0 Å². The first-order valence-electron chi connectivity index (χ1n) is 10.2. The van der Waals surface area contributed by atoms with E-state index in [2.05, 4.69) is 6.92 Å². The predicted octanol–water partition coefficient (Wildman–Crippen LogP) is 6.45. The summed E-state index contributed by atoms with van der Waals surface area (Å²) in [6, 6.07) is 11.3. The molecule has 2 aromatic heterocycles. The smallest absolute Gasteiger partial charge is 0.336 e. The van der Waals surface area contributed by atoms with Crippen LogP contribution >= 0.6 is 0 Å². The van der Waals surface area contributed by atoms with E-state index < -0.39 is 5.97 Å². The third-order valence-electron chi connectivity index (χ3n) is 5.47. The number of carboxylic acid groups (broad SMARTS) is 1. The van der Waals surface area contributed by atoms with E-state index in [-0.39, 0.29) is 5.56 Å². The monoisotopic (exact) mass is 403 g/mol. The molecule has 154 valence electrons. The fourth-order valence-corrected chi connectivity index (χ4v) is 3.93. The highest BCUT2D eigenvalue weighted by Gasteiger charge is 2.22. The van der Waals surface area contributed by atoms with Gasteiger partial charge in [-0.2, -0.15) is 0 Å². The van der Waals surface area contributed by atoms with Crippen LogP contribution in [0.2, 0.25) is 0 Å². The number of carboxylic acids is 1. The van der Waals surface area contributed by atoms with Gasteiger partial charge in [0.05, 0.1) is 28.8 Å². The Morgan fingerprint density at radius 3 is 2.63 bits per heavy atom. The van der Waals surface area contributed by atoms with Crippen molar-refractivity contribution in [2.24, 2.45) is 0 Å². The first kappa shape index (κ1) is 20.0. The number of aromatic carboxylic acids is 1. The van der Waals surface area contributed by atoms with Gasteiger partial charge in [0.1, 0.15) is 17.1 Å². The van der Waals surface area contributed by atoms with Crippen LogP contribution in [0.25, 0.3) is 33.1 Å². The number of nitrogens with zero attached hydrogens (tertiary/aromatic N) is 1. The average molecular weight is 403 g/mol. The average Bonchev–Trinajstić information content (AvgIpc) is 3.06. The number of furan rings is 1. The zero-order chi connectivity index (χ0) is 21.4. The van der Waals surface area contributed by atoms with E-state index in [1.165, 1.54) is 0 Å². The van der Waals surface area contributed by atoms with Crippen LogP contribution in [0.15, 0.2) is 40.8 Å². The minimum Gasteiger partial charge on any atom is -0.493 e. The van der Waals surface area contributed by atoms with Crippen LogP contribution in [-0.2, 0) is 0 Å². The van der Waals surface area contributed by atoms with Crippen molar-refractivity contribution in [2.45, 2.75) is 40.5 Å². The second-order valence-electron chi connectivity index (χ2n) is 7.65. The summed E-state index contributed by atoms with van der Waals surface area (Å²) < 4.78 is 11.9. The predicted molar refractivity (Wildman–Crippen MR) is 119 cm³/mol. The molecular weight excluding hydrogens is 378 g/mol. The number of carbonyl (C=O) groups is 1. The molecule has 0 unspecified atom stereocenters. The molecule has 0 fully saturated rings. The van der Waals surface area contributed by atoms with Gasteiger partial charge in [-0.25, -0.2) is 9.78 Å². The van der Waals surface area contributed by atoms with E-state index in [0.29, 0.717) is 29.0 Å². The van der Waals surface area contributed by atoms with Crippen LogP contribution in [0.3, 0.4) is 0 Å². The van der Waals surface area contributed by atoms with Gasteiger partial charge in [-0.3, -0.25) is 0 Å². The molecule has 1 N–H and O–H groups in total. The minimum absolute atomic E-state index is 0.188. The molecule has 0 atom stereocenters. The fraction of sp³-hybridized carbons (Fsp3) is 0.280. The summed E-state index contributed by atoms with van der Waals surface area (Å²) in [6.07, 6.45) is 1.91. The van der Waals surface area contributed by atoms with Crippen molar-refractivity contribution in [3.63, 3.8) is 0 Å². The van der Waals surface area contributed by atoms with Crippen molar-refractivity contribution in [2.75, 3.05) is 6.61 Å². The van der Waals surface area contributed by atoms with Gasteiger partial charge in [0, 0.05) is 10.9 Å². The Bertz CT molecular complexity index is 1270. The Hall–Kier alpha value is -3.34. The van der Waals surface area contributed by atoms with Crippen molar-refractivity contribution in [1.29, 1.82) is 0 Å². The third kappa shape index (κ3) is 3.30. The number of rotatable bonds is 6. The first-order chi connectivity index (χ1) is 14.4. The Morgan fingerprint density at radius 1 is 1.10 bits per heavy atom. The molecule has 0 saturated carbocycles. The summed E-state index contributed by atoms with van der Waals surface area (Å²) in [5.74, 6) is 0.276. The molecule has 0 aliphatic carbocycles. The Kier molecular flexibility index (Phi) is 5.20. The molecule has 5 heteroatoms. The van der Waals surface area contributed by atoms with Crippen molar-refractivity contribution < 1.29 is 19.1 Å². The highest BCUT2D eigenvalue weighted by atomic mass is 16.5. The normalized spacial score (nSPS) is 11.3. The lowest BCUT2D eigenvalue weighted by Crippen LogP contribution is -2.05. The molecule has 0 bridgehead atoms. The molecule has 30 heavy (non-hydrogen) atoms. The van der Waals surface area contributed by atoms with Gasteiger partial charge in [-0.05, 0) is 56.5 Å². The number of ether oxygens (including phenoxy) is 1. The number of aromatic nitrogens is 1. The Balaban J connectivity index is 2.02. The number of hydrogen-bond acceptors (Lipinski definition) is 4. The van der Waals surface area contributed by atoms with Crippen LogP contribution in [0.4, 0.5) is 0 Å². The van der Waals surface area contributed by atoms with Crippen LogP contribution in [0.1, 0.15) is 47.0 Å². The molecule has 4 rings (SSSR count). The number of fused-ring (bicyclic) bond motifs is 2. The molecule has 4 aromatic rings. The Labute approximate surface area is 175 Å². The highest BCUT2D eigenvalue weighted by molar-refractivity contribution is 6.08. The Morgan fingerprint density at radius 2 is 1.90 bits per heavy atom. The molecule has 0 amide bonds. The van der Waals surface area contributed by atoms with E-state index in [9.17, 15) is 9.90 Å². The largest absolute Gasteiger partial charge is 0.493 e. The zero-order valence-corrected chi connectivity index (χ0v) is 17.7. The number of aryl methyl sites for hydroxylation is 3. The lowest BCUT2D eigenvalue weighted by Gasteiger charge is -2.14. The number of pyridine rings is 1. The van der Waals surface area contributed by atoms with E-state index in [4.69, 9.17) is 14.1 Å². The van der Waals surface area contributed by atoms with E-state index in [1.807, 2.05) is 51.1 Å². The molecule has 0 aliphatic heterocycles. The summed E-state index contributed by atoms with van der Waals surface area (Å²) in [6.45, 7) is 8.47. The quantitative estimate of drug-likeness (QED) is 0.375. The maximum absolute atomic E-state index is 12.2. The number of benzene rings is 2. The first-order valence-corrected chi connectivity index (χ1v) is 10.2. The van der Waals surface area contributed by atoms with Crippen molar-refractivity contribution in [3.05, 3.63) is 58.8 Å². The van der Waals surface area contributed by atoms with E-state index in [1.54, 1.807) is 6.07 Å². The van der Waals surface area contributed by atoms with E-state index in [0.717, 1.165) is 46.3 Å². The maximum Gasteiger partial charge on any atom is 0.336 e. The molecule has 0 saturated heterocycles. The van der Waals surface area contributed by atoms with Crippen LogP contribution in [0.5, 0.6) is 5.75 Å². The topological polar surface area (TPSA) is 72.6 Å².